The van der Waals surface area contributed by atoms with E-state index in [9.17, 15) is 18.3 Å². The number of sulfonamides is 1. The Morgan fingerprint density at radius 2 is 2.05 bits per heavy atom. The summed E-state index contributed by atoms with van der Waals surface area (Å²) in [5.41, 5.74) is -1.42. The van der Waals surface area contributed by atoms with Crippen LogP contribution in [0.3, 0.4) is 0 Å². The average molecular weight is 377 g/mol. The summed E-state index contributed by atoms with van der Waals surface area (Å²) in [6.07, 6.45) is 4.63. The molecule has 116 valence electrons. The number of aromatic nitrogens is 1. The molecule has 21 heavy (non-hydrogen) atoms. The minimum absolute atomic E-state index is 0.0453. The van der Waals surface area contributed by atoms with Gasteiger partial charge in [-0.1, -0.05) is 6.92 Å². The number of pyridine rings is 1. The van der Waals surface area contributed by atoms with Gasteiger partial charge in [-0.25, -0.2) is 8.42 Å². The number of rotatable bonds is 4. The topological polar surface area (TPSA) is 96.4 Å². The van der Waals surface area contributed by atoms with Gasteiger partial charge in [0.25, 0.3) is 0 Å². The molecule has 6 nitrogen and oxygen atoms in total. The first-order chi connectivity index (χ1) is 9.75. The highest BCUT2D eigenvalue weighted by atomic mass is 79.9. The maximum absolute atomic E-state index is 12.4. The lowest BCUT2D eigenvalue weighted by Gasteiger charge is -2.36. The molecule has 0 radical (unpaired) electrons. The minimum atomic E-state index is -3.93. The first kappa shape index (κ1) is 16.4. The Kier molecular flexibility index (Phi) is 4.69. The Balaban J connectivity index is 2.30. The number of carboxylic acids is 1. The number of nitrogens with one attached hydrogen (secondary N) is 1. The van der Waals surface area contributed by atoms with Crippen molar-refractivity contribution in [2.24, 2.45) is 5.92 Å². The molecule has 2 rings (SSSR count). The van der Waals surface area contributed by atoms with Crippen LogP contribution in [0.2, 0.25) is 0 Å². The van der Waals surface area contributed by atoms with Crippen molar-refractivity contribution >= 4 is 31.9 Å². The second kappa shape index (κ2) is 6.02. The predicted octanol–water partition coefficient (Wildman–Crippen LogP) is 2.16. The molecule has 0 spiro atoms. The number of hydrogen-bond acceptors (Lipinski definition) is 4. The van der Waals surface area contributed by atoms with E-state index in [4.69, 9.17) is 0 Å². The van der Waals surface area contributed by atoms with E-state index < -0.39 is 21.5 Å². The van der Waals surface area contributed by atoms with Gasteiger partial charge in [0, 0.05) is 16.9 Å². The fraction of sp³-hybridized carbons (Fsp3) is 0.538. The van der Waals surface area contributed by atoms with Crippen LogP contribution in [-0.4, -0.2) is 30.0 Å². The van der Waals surface area contributed by atoms with Gasteiger partial charge in [-0.15, -0.1) is 0 Å². The standard InChI is InChI=1S/C13H17BrN2O4S/c1-9-2-4-13(5-3-9,12(17)18)16-21(19,20)11-6-10(14)7-15-8-11/h6-9,16H,2-5H2,1H3,(H,17,18). The quantitative estimate of drug-likeness (QED) is 0.838. The number of hydrogen-bond donors (Lipinski definition) is 2. The molecule has 1 heterocycles. The van der Waals surface area contributed by atoms with E-state index in [2.05, 4.69) is 25.6 Å². The zero-order valence-corrected chi connectivity index (χ0v) is 13.9. The molecule has 0 saturated heterocycles. The molecule has 0 aliphatic heterocycles. The van der Waals surface area contributed by atoms with E-state index in [-0.39, 0.29) is 4.90 Å². The van der Waals surface area contributed by atoms with Crippen molar-refractivity contribution in [3.63, 3.8) is 0 Å². The third-order valence-corrected chi connectivity index (χ3v) is 5.79. The van der Waals surface area contributed by atoms with Crippen molar-refractivity contribution in [1.29, 1.82) is 0 Å². The lowest BCUT2D eigenvalue weighted by Crippen LogP contribution is -2.56. The Morgan fingerprint density at radius 3 is 2.57 bits per heavy atom. The van der Waals surface area contributed by atoms with E-state index >= 15 is 0 Å². The van der Waals surface area contributed by atoms with Crippen LogP contribution >= 0.6 is 15.9 Å². The third-order valence-electron chi connectivity index (χ3n) is 3.86. The normalized spacial score (nSPS) is 26.5. The highest BCUT2D eigenvalue weighted by Crippen LogP contribution is 2.33. The van der Waals surface area contributed by atoms with Gasteiger partial charge in [0.1, 0.15) is 10.4 Å². The second-order valence-electron chi connectivity index (χ2n) is 5.51. The van der Waals surface area contributed by atoms with E-state index in [1.807, 2.05) is 6.92 Å². The SMILES string of the molecule is CC1CCC(NS(=O)(=O)c2cncc(Br)c2)(C(=O)O)CC1. The Bertz CT molecular complexity index is 639. The predicted molar refractivity (Wildman–Crippen MR) is 80.3 cm³/mol. The van der Waals surface area contributed by atoms with Crippen molar-refractivity contribution in [1.82, 2.24) is 9.71 Å². The van der Waals surface area contributed by atoms with Crippen LogP contribution in [0.4, 0.5) is 0 Å². The summed E-state index contributed by atoms with van der Waals surface area (Å²) in [7, 11) is -3.93. The van der Waals surface area contributed by atoms with Gasteiger partial charge >= 0.3 is 5.97 Å². The molecule has 2 N–H and O–H groups in total. The Hall–Kier alpha value is -0.990. The maximum atomic E-state index is 12.4. The number of nitrogens with zero attached hydrogens (tertiary/aromatic N) is 1. The number of carboxylic acid groups (broad SMARTS) is 1. The fourth-order valence-corrected chi connectivity index (χ4v) is 4.39. The molecule has 0 unspecified atom stereocenters. The summed E-state index contributed by atoms with van der Waals surface area (Å²) < 4.78 is 27.7. The molecule has 8 heteroatoms. The summed E-state index contributed by atoms with van der Waals surface area (Å²) >= 11 is 3.16. The highest BCUT2D eigenvalue weighted by Gasteiger charge is 2.44. The van der Waals surface area contributed by atoms with Gasteiger partial charge in [0.2, 0.25) is 10.0 Å². The first-order valence-electron chi connectivity index (χ1n) is 6.63. The number of carbonyl (C=O) groups is 1. The summed E-state index contributed by atoms with van der Waals surface area (Å²) in [5.74, 6) is -0.713. The summed E-state index contributed by atoms with van der Waals surface area (Å²) in [6, 6.07) is 1.40. The van der Waals surface area contributed by atoms with Gasteiger partial charge in [-0.05, 0) is 53.6 Å². The molecule has 0 aromatic carbocycles. The summed E-state index contributed by atoms with van der Waals surface area (Å²) in [5, 5.41) is 9.49. The van der Waals surface area contributed by atoms with E-state index in [1.165, 1.54) is 18.5 Å². The molecule has 0 amide bonds. The van der Waals surface area contributed by atoms with Crippen LogP contribution in [0.1, 0.15) is 32.6 Å². The summed E-state index contributed by atoms with van der Waals surface area (Å²) in [6.45, 7) is 2.04. The van der Waals surface area contributed by atoms with E-state index in [0.29, 0.717) is 36.1 Å². The van der Waals surface area contributed by atoms with Crippen molar-refractivity contribution in [2.45, 2.75) is 43.0 Å². The van der Waals surface area contributed by atoms with Gasteiger partial charge in [0.05, 0.1) is 0 Å². The van der Waals surface area contributed by atoms with Crippen LogP contribution in [0.5, 0.6) is 0 Å². The maximum Gasteiger partial charge on any atom is 0.324 e. The zero-order valence-electron chi connectivity index (χ0n) is 11.5. The number of halogens is 1. The number of aliphatic carboxylic acids is 1. The van der Waals surface area contributed by atoms with Gasteiger partial charge < -0.3 is 5.11 Å². The molecule has 1 aromatic rings. The van der Waals surface area contributed by atoms with Crippen LogP contribution in [-0.2, 0) is 14.8 Å². The third kappa shape index (κ3) is 3.61. The molecule has 1 aliphatic rings. The van der Waals surface area contributed by atoms with Gasteiger partial charge in [-0.2, -0.15) is 4.72 Å². The molecular weight excluding hydrogens is 360 g/mol. The molecular formula is C13H17BrN2O4S. The molecule has 1 aliphatic carbocycles. The second-order valence-corrected chi connectivity index (χ2v) is 8.11. The van der Waals surface area contributed by atoms with E-state index in [1.54, 1.807) is 0 Å². The van der Waals surface area contributed by atoms with Crippen LogP contribution in [0, 0.1) is 5.92 Å². The van der Waals surface area contributed by atoms with E-state index in [0.717, 1.165) is 0 Å². The van der Waals surface area contributed by atoms with Crippen molar-refractivity contribution in [2.75, 3.05) is 0 Å². The van der Waals surface area contributed by atoms with Crippen molar-refractivity contribution in [3.8, 4) is 0 Å². The highest BCUT2D eigenvalue weighted by molar-refractivity contribution is 9.10. The Morgan fingerprint density at radius 1 is 1.43 bits per heavy atom. The molecule has 1 fully saturated rings. The van der Waals surface area contributed by atoms with Crippen LogP contribution in [0.25, 0.3) is 0 Å². The monoisotopic (exact) mass is 376 g/mol. The van der Waals surface area contributed by atoms with Crippen LogP contribution in [0.15, 0.2) is 27.8 Å². The zero-order chi connectivity index (χ0) is 15.7. The minimum Gasteiger partial charge on any atom is -0.480 e. The molecule has 0 atom stereocenters. The lowest BCUT2D eigenvalue weighted by atomic mass is 9.78. The molecule has 1 aromatic heterocycles. The first-order valence-corrected chi connectivity index (χ1v) is 8.91. The fourth-order valence-electron chi connectivity index (χ4n) is 2.47. The van der Waals surface area contributed by atoms with Crippen LogP contribution < -0.4 is 4.72 Å². The van der Waals surface area contributed by atoms with Gasteiger partial charge in [-0.3, -0.25) is 9.78 Å². The Labute approximate surface area is 132 Å². The molecule has 1 saturated carbocycles. The van der Waals surface area contributed by atoms with Gasteiger partial charge in [0.15, 0.2) is 0 Å². The largest absolute Gasteiger partial charge is 0.480 e. The summed E-state index contributed by atoms with van der Waals surface area (Å²) in [4.78, 5) is 15.4. The smallest absolute Gasteiger partial charge is 0.324 e. The van der Waals surface area contributed by atoms with Crippen molar-refractivity contribution in [3.05, 3.63) is 22.9 Å². The van der Waals surface area contributed by atoms with Crippen molar-refractivity contribution < 1.29 is 18.3 Å². The lowest BCUT2D eigenvalue weighted by molar-refractivity contribution is -0.145. The average Bonchev–Trinajstić information content (AvgIpc) is 2.41. The molecule has 0 bridgehead atoms.